The van der Waals surface area contributed by atoms with E-state index < -0.39 is 0 Å². The zero-order chi connectivity index (χ0) is 17.1. The molecule has 6 nitrogen and oxygen atoms in total. The van der Waals surface area contributed by atoms with Gasteiger partial charge in [-0.25, -0.2) is 4.79 Å². The molecule has 2 heterocycles. The molecule has 3 aromatic rings. The fourth-order valence-corrected chi connectivity index (χ4v) is 2.94. The predicted molar refractivity (Wildman–Crippen MR) is 96.5 cm³/mol. The largest absolute Gasteiger partial charge is 0.376 e. The van der Waals surface area contributed by atoms with Crippen LogP contribution in [0.5, 0.6) is 0 Å². The molecule has 0 unspecified atom stereocenters. The number of urea groups is 1. The molecule has 25 heavy (non-hydrogen) atoms. The number of aromatic nitrogens is 2. The van der Waals surface area contributed by atoms with Crippen LogP contribution in [0.1, 0.15) is 11.3 Å². The molecule has 6 heteroatoms. The van der Waals surface area contributed by atoms with Gasteiger partial charge in [-0.3, -0.25) is 10.4 Å². The number of benzene rings is 2. The summed E-state index contributed by atoms with van der Waals surface area (Å²) in [5.74, 6) is 0.518. The van der Waals surface area contributed by atoms with Crippen LogP contribution in [0, 0.1) is 0 Å². The Morgan fingerprint density at radius 2 is 1.84 bits per heavy atom. The molecule has 0 fully saturated rings. The highest BCUT2D eigenvalue weighted by Crippen LogP contribution is 2.28. The normalized spacial score (nSPS) is 13.1. The lowest BCUT2D eigenvalue weighted by Crippen LogP contribution is -2.21. The molecule has 0 bridgehead atoms. The van der Waals surface area contributed by atoms with E-state index in [9.17, 15) is 4.79 Å². The molecule has 0 aliphatic carbocycles. The summed E-state index contributed by atoms with van der Waals surface area (Å²) in [6.07, 6.45) is 0.780. The van der Waals surface area contributed by atoms with Gasteiger partial charge in [0.25, 0.3) is 0 Å². The van der Waals surface area contributed by atoms with Gasteiger partial charge in [0, 0.05) is 23.2 Å². The number of nitrogens with one attached hydrogen (secondary N) is 3. The van der Waals surface area contributed by atoms with E-state index in [1.165, 1.54) is 0 Å². The van der Waals surface area contributed by atoms with Gasteiger partial charge in [-0.15, -0.1) is 0 Å². The van der Waals surface area contributed by atoms with Gasteiger partial charge in [0.15, 0.2) is 5.82 Å². The summed E-state index contributed by atoms with van der Waals surface area (Å²) in [7, 11) is 0. The second-order valence-corrected chi connectivity index (χ2v) is 5.82. The predicted octanol–water partition coefficient (Wildman–Crippen LogP) is 3.79. The van der Waals surface area contributed by atoms with E-state index in [4.69, 9.17) is 4.74 Å². The molecule has 1 aromatic heterocycles. The van der Waals surface area contributed by atoms with Gasteiger partial charge in [-0.2, -0.15) is 5.10 Å². The maximum Gasteiger partial charge on any atom is 0.324 e. The van der Waals surface area contributed by atoms with E-state index in [1.54, 1.807) is 0 Å². The summed E-state index contributed by atoms with van der Waals surface area (Å²) in [5.41, 5.74) is 4.69. The van der Waals surface area contributed by atoms with Gasteiger partial charge in [0.1, 0.15) is 0 Å². The lowest BCUT2D eigenvalue weighted by Gasteiger charge is -2.14. The summed E-state index contributed by atoms with van der Waals surface area (Å²) >= 11 is 0. The van der Waals surface area contributed by atoms with E-state index in [0.29, 0.717) is 19.0 Å². The highest BCUT2D eigenvalue weighted by atomic mass is 16.5. The van der Waals surface area contributed by atoms with E-state index in [-0.39, 0.29) is 6.03 Å². The highest BCUT2D eigenvalue weighted by Gasteiger charge is 2.19. The molecule has 4 rings (SSSR count). The molecule has 126 valence electrons. The minimum atomic E-state index is -0.330. The average molecular weight is 334 g/mol. The van der Waals surface area contributed by atoms with Crippen molar-refractivity contribution >= 4 is 17.5 Å². The highest BCUT2D eigenvalue weighted by molar-refractivity contribution is 6.02. The third kappa shape index (κ3) is 3.25. The molecule has 1 aliphatic heterocycles. The Labute approximate surface area is 145 Å². The van der Waals surface area contributed by atoms with Crippen molar-refractivity contribution in [3.63, 3.8) is 0 Å². The summed E-state index contributed by atoms with van der Waals surface area (Å²) < 4.78 is 5.44. The second kappa shape index (κ2) is 6.78. The number of H-pyrrole nitrogens is 1. The first kappa shape index (κ1) is 15.4. The lowest BCUT2D eigenvalue weighted by atomic mass is 10.0. The zero-order valence-corrected chi connectivity index (χ0v) is 13.6. The number of fused-ring (bicyclic) bond motifs is 1. The maximum atomic E-state index is 12.4. The van der Waals surface area contributed by atoms with Crippen LogP contribution in [0.2, 0.25) is 0 Å². The van der Waals surface area contributed by atoms with Crippen molar-refractivity contribution in [2.45, 2.75) is 13.0 Å². The monoisotopic (exact) mass is 334 g/mol. The molecular weight excluding hydrogens is 316 g/mol. The fourth-order valence-electron chi connectivity index (χ4n) is 2.94. The third-order valence-corrected chi connectivity index (χ3v) is 4.19. The van der Waals surface area contributed by atoms with Crippen LogP contribution in [0.3, 0.4) is 0 Å². The standard InChI is InChI=1S/C19H18N4O2/c24-19(21-18-15-12-25-11-10-17(15)22-23-18)20-16-9-5-4-8-14(16)13-6-2-1-3-7-13/h1-9H,10-12H2,(H3,20,21,22,23,24). The first-order valence-corrected chi connectivity index (χ1v) is 8.17. The molecule has 0 saturated heterocycles. The Kier molecular flexibility index (Phi) is 4.18. The van der Waals surface area contributed by atoms with E-state index in [0.717, 1.165) is 34.5 Å². The van der Waals surface area contributed by atoms with Gasteiger partial charge in [0.05, 0.1) is 18.9 Å². The molecule has 3 N–H and O–H groups in total. The Bertz CT molecular complexity index is 889. The van der Waals surface area contributed by atoms with Crippen molar-refractivity contribution < 1.29 is 9.53 Å². The number of ether oxygens (including phenoxy) is 1. The number of aromatic amines is 1. The van der Waals surface area contributed by atoms with Crippen LogP contribution >= 0.6 is 0 Å². The molecule has 0 atom stereocenters. The van der Waals surface area contributed by atoms with Gasteiger partial charge >= 0.3 is 6.03 Å². The fraction of sp³-hybridized carbons (Fsp3) is 0.158. The minimum Gasteiger partial charge on any atom is -0.376 e. The van der Waals surface area contributed by atoms with Crippen LogP contribution in [0.4, 0.5) is 16.3 Å². The summed E-state index contributed by atoms with van der Waals surface area (Å²) in [6.45, 7) is 1.13. The molecule has 2 aromatic carbocycles. The number of hydrogen-bond acceptors (Lipinski definition) is 3. The molecule has 0 saturated carbocycles. The van der Waals surface area contributed by atoms with E-state index >= 15 is 0 Å². The van der Waals surface area contributed by atoms with Crippen LogP contribution < -0.4 is 10.6 Å². The third-order valence-electron chi connectivity index (χ3n) is 4.19. The smallest absolute Gasteiger partial charge is 0.324 e. The summed E-state index contributed by atoms with van der Waals surface area (Å²) in [6, 6.07) is 17.3. The second-order valence-electron chi connectivity index (χ2n) is 5.82. The number of rotatable bonds is 3. The van der Waals surface area contributed by atoms with Crippen molar-refractivity contribution in [2.24, 2.45) is 0 Å². The maximum absolute atomic E-state index is 12.4. The molecule has 2 amide bonds. The Morgan fingerprint density at radius 3 is 2.72 bits per heavy atom. The first-order valence-electron chi connectivity index (χ1n) is 8.17. The van der Waals surface area contributed by atoms with Crippen molar-refractivity contribution in [1.29, 1.82) is 0 Å². The number of carbonyl (C=O) groups is 1. The van der Waals surface area contributed by atoms with Gasteiger partial charge in [-0.1, -0.05) is 48.5 Å². The number of hydrogen-bond donors (Lipinski definition) is 3. The molecular formula is C19H18N4O2. The zero-order valence-electron chi connectivity index (χ0n) is 13.6. The number of anilines is 2. The molecule has 0 radical (unpaired) electrons. The number of nitrogens with zero attached hydrogens (tertiary/aromatic N) is 1. The topological polar surface area (TPSA) is 79.0 Å². The SMILES string of the molecule is O=C(Nc1ccccc1-c1ccccc1)Nc1n[nH]c2c1COCC2. The van der Waals surface area contributed by atoms with E-state index in [2.05, 4.69) is 20.8 Å². The number of carbonyl (C=O) groups excluding carboxylic acids is 1. The Hall–Kier alpha value is -3.12. The Morgan fingerprint density at radius 1 is 1.04 bits per heavy atom. The molecule has 1 aliphatic rings. The average Bonchev–Trinajstić information content (AvgIpc) is 3.06. The van der Waals surface area contributed by atoms with Crippen LogP contribution in [0.15, 0.2) is 54.6 Å². The van der Waals surface area contributed by atoms with Gasteiger partial charge in [0.2, 0.25) is 0 Å². The summed E-state index contributed by atoms with van der Waals surface area (Å²) in [5, 5.41) is 12.9. The quantitative estimate of drug-likeness (QED) is 0.682. The van der Waals surface area contributed by atoms with Crippen molar-refractivity contribution in [3.05, 3.63) is 65.9 Å². The van der Waals surface area contributed by atoms with Crippen molar-refractivity contribution in [2.75, 3.05) is 17.2 Å². The van der Waals surface area contributed by atoms with Crippen LogP contribution in [0.25, 0.3) is 11.1 Å². The number of amides is 2. The first-order chi connectivity index (χ1) is 12.3. The van der Waals surface area contributed by atoms with Crippen molar-refractivity contribution in [3.8, 4) is 11.1 Å². The molecule has 0 spiro atoms. The van der Waals surface area contributed by atoms with Gasteiger partial charge in [-0.05, 0) is 11.6 Å². The number of para-hydroxylation sites is 1. The summed E-state index contributed by atoms with van der Waals surface area (Å²) in [4.78, 5) is 12.4. The van der Waals surface area contributed by atoms with E-state index in [1.807, 2.05) is 54.6 Å². The van der Waals surface area contributed by atoms with Crippen LogP contribution in [-0.4, -0.2) is 22.8 Å². The van der Waals surface area contributed by atoms with Crippen LogP contribution in [-0.2, 0) is 17.8 Å². The van der Waals surface area contributed by atoms with Gasteiger partial charge < -0.3 is 10.1 Å². The minimum absolute atomic E-state index is 0.330. The Balaban J connectivity index is 1.53. The van der Waals surface area contributed by atoms with Crippen molar-refractivity contribution in [1.82, 2.24) is 10.2 Å². The lowest BCUT2D eigenvalue weighted by molar-refractivity contribution is 0.110.